The predicted octanol–water partition coefficient (Wildman–Crippen LogP) is 2.18. The van der Waals surface area contributed by atoms with Gasteiger partial charge in [0.25, 0.3) is 0 Å². The van der Waals surface area contributed by atoms with Crippen molar-refractivity contribution in [3.63, 3.8) is 0 Å². The SMILES string of the molecule is NC(=NCCc1cc(Cl)cc(Cl)c1)N1CCOCC1. The van der Waals surface area contributed by atoms with Gasteiger partial charge >= 0.3 is 0 Å². The largest absolute Gasteiger partial charge is 0.378 e. The van der Waals surface area contributed by atoms with Gasteiger partial charge in [0.05, 0.1) is 13.2 Å². The highest BCUT2D eigenvalue weighted by Gasteiger charge is 2.11. The molecule has 1 aliphatic heterocycles. The Kier molecular flexibility index (Phi) is 5.31. The van der Waals surface area contributed by atoms with Crippen molar-refractivity contribution in [3.8, 4) is 0 Å². The molecular formula is C13H17Cl2N3O. The quantitative estimate of drug-likeness (QED) is 0.688. The summed E-state index contributed by atoms with van der Waals surface area (Å²) < 4.78 is 5.27. The lowest BCUT2D eigenvalue weighted by Crippen LogP contribution is -2.44. The van der Waals surface area contributed by atoms with Crippen LogP contribution in [0.2, 0.25) is 10.0 Å². The lowest BCUT2D eigenvalue weighted by Gasteiger charge is -2.27. The minimum Gasteiger partial charge on any atom is -0.378 e. The van der Waals surface area contributed by atoms with Crippen LogP contribution in [0, 0.1) is 0 Å². The molecule has 1 fully saturated rings. The van der Waals surface area contributed by atoms with E-state index in [-0.39, 0.29) is 0 Å². The highest BCUT2D eigenvalue weighted by atomic mass is 35.5. The van der Waals surface area contributed by atoms with Crippen LogP contribution in [-0.2, 0) is 11.2 Å². The Bertz CT molecular complexity index is 439. The van der Waals surface area contributed by atoms with Crippen LogP contribution < -0.4 is 5.73 Å². The van der Waals surface area contributed by atoms with Crippen molar-refractivity contribution in [1.82, 2.24) is 4.90 Å². The molecule has 0 spiro atoms. The van der Waals surface area contributed by atoms with Crippen LogP contribution in [0.3, 0.4) is 0 Å². The molecule has 6 heteroatoms. The summed E-state index contributed by atoms with van der Waals surface area (Å²) in [6, 6.07) is 5.51. The number of hydrogen-bond acceptors (Lipinski definition) is 2. The maximum atomic E-state index is 5.95. The zero-order valence-corrected chi connectivity index (χ0v) is 12.1. The second kappa shape index (κ2) is 6.98. The Labute approximate surface area is 123 Å². The fourth-order valence-corrected chi connectivity index (χ4v) is 2.52. The molecule has 1 saturated heterocycles. The molecule has 0 unspecified atom stereocenters. The normalized spacial score (nSPS) is 16.7. The third-order valence-electron chi connectivity index (χ3n) is 2.93. The molecule has 4 nitrogen and oxygen atoms in total. The van der Waals surface area contributed by atoms with Crippen LogP contribution in [0.25, 0.3) is 0 Å². The summed E-state index contributed by atoms with van der Waals surface area (Å²) in [5.41, 5.74) is 7.01. The smallest absolute Gasteiger partial charge is 0.191 e. The van der Waals surface area contributed by atoms with Crippen LogP contribution in [0.1, 0.15) is 5.56 Å². The van der Waals surface area contributed by atoms with Crippen molar-refractivity contribution in [3.05, 3.63) is 33.8 Å². The molecule has 104 valence electrons. The predicted molar refractivity (Wildman–Crippen MR) is 79.0 cm³/mol. The van der Waals surface area contributed by atoms with E-state index in [1.807, 2.05) is 17.0 Å². The van der Waals surface area contributed by atoms with Gasteiger partial charge in [-0.15, -0.1) is 0 Å². The third-order valence-corrected chi connectivity index (χ3v) is 3.37. The third kappa shape index (κ3) is 4.56. The fraction of sp³-hybridized carbons (Fsp3) is 0.462. The first-order chi connectivity index (χ1) is 9.15. The molecule has 19 heavy (non-hydrogen) atoms. The zero-order chi connectivity index (χ0) is 13.7. The molecule has 0 aromatic heterocycles. The molecule has 2 N–H and O–H groups in total. The minimum atomic E-state index is 0.580. The number of guanidine groups is 1. The molecule has 0 bridgehead atoms. The van der Waals surface area contributed by atoms with Crippen LogP contribution in [0.15, 0.2) is 23.2 Å². The number of morpholine rings is 1. The molecule has 1 heterocycles. The number of nitrogens with zero attached hydrogens (tertiary/aromatic N) is 2. The molecule has 0 radical (unpaired) electrons. The number of rotatable bonds is 3. The molecule has 0 atom stereocenters. The molecule has 2 rings (SSSR count). The lowest BCUT2D eigenvalue weighted by atomic mass is 10.1. The highest BCUT2D eigenvalue weighted by Crippen LogP contribution is 2.19. The zero-order valence-electron chi connectivity index (χ0n) is 10.6. The standard InChI is InChI=1S/C13H17Cl2N3O/c14-11-7-10(8-12(15)9-11)1-2-17-13(16)18-3-5-19-6-4-18/h7-9H,1-6H2,(H2,16,17). The average molecular weight is 302 g/mol. The summed E-state index contributed by atoms with van der Waals surface area (Å²) in [7, 11) is 0. The van der Waals surface area contributed by atoms with E-state index in [0.29, 0.717) is 35.8 Å². The van der Waals surface area contributed by atoms with Crippen LogP contribution in [-0.4, -0.2) is 43.7 Å². The van der Waals surface area contributed by atoms with Crippen LogP contribution in [0.4, 0.5) is 0 Å². The molecule has 0 aliphatic carbocycles. The van der Waals surface area contributed by atoms with Gasteiger partial charge in [-0.1, -0.05) is 23.2 Å². The number of halogens is 2. The van der Waals surface area contributed by atoms with Crippen molar-refractivity contribution in [2.45, 2.75) is 6.42 Å². The van der Waals surface area contributed by atoms with E-state index in [0.717, 1.165) is 25.1 Å². The van der Waals surface area contributed by atoms with E-state index in [2.05, 4.69) is 4.99 Å². The topological polar surface area (TPSA) is 50.8 Å². The van der Waals surface area contributed by atoms with Crippen molar-refractivity contribution in [2.75, 3.05) is 32.8 Å². The van der Waals surface area contributed by atoms with Gasteiger partial charge in [0.15, 0.2) is 5.96 Å². The van der Waals surface area contributed by atoms with E-state index >= 15 is 0 Å². The summed E-state index contributed by atoms with van der Waals surface area (Å²) in [6.07, 6.45) is 0.769. The van der Waals surface area contributed by atoms with Gasteiger partial charge in [-0.2, -0.15) is 0 Å². The summed E-state index contributed by atoms with van der Waals surface area (Å²) in [6.45, 7) is 3.65. The van der Waals surface area contributed by atoms with E-state index in [9.17, 15) is 0 Å². The number of nitrogens with two attached hydrogens (primary N) is 1. The maximum Gasteiger partial charge on any atom is 0.191 e. The van der Waals surface area contributed by atoms with Crippen molar-refractivity contribution in [2.24, 2.45) is 10.7 Å². The molecule has 1 aliphatic rings. The Morgan fingerprint density at radius 1 is 1.21 bits per heavy atom. The van der Waals surface area contributed by atoms with Gasteiger partial charge in [-0.3, -0.25) is 4.99 Å². The van der Waals surface area contributed by atoms with Crippen molar-refractivity contribution in [1.29, 1.82) is 0 Å². The van der Waals surface area contributed by atoms with E-state index in [1.165, 1.54) is 0 Å². The van der Waals surface area contributed by atoms with Gasteiger partial charge in [0.2, 0.25) is 0 Å². The summed E-state index contributed by atoms with van der Waals surface area (Å²) in [5, 5.41) is 1.29. The average Bonchev–Trinajstić information content (AvgIpc) is 2.38. The van der Waals surface area contributed by atoms with E-state index in [1.54, 1.807) is 6.07 Å². The molecule has 0 amide bonds. The van der Waals surface area contributed by atoms with E-state index in [4.69, 9.17) is 33.7 Å². The molecule has 0 saturated carbocycles. The Morgan fingerprint density at radius 2 is 1.84 bits per heavy atom. The van der Waals surface area contributed by atoms with Gasteiger partial charge in [0.1, 0.15) is 0 Å². The lowest BCUT2D eigenvalue weighted by molar-refractivity contribution is 0.0674. The van der Waals surface area contributed by atoms with Gasteiger partial charge in [-0.05, 0) is 30.2 Å². The Hall–Kier alpha value is -0.970. The first-order valence-corrected chi connectivity index (χ1v) is 6.98. The molecular weight excluding hydrogens is 285 g/mol. The van der Waals surface area contributed by atoms with Crippen LogP contribution in [0.5, 0.6) is 0 Å². The molecule has 1 aromatic carbocycles. The minimum absolute atomic E-state index is 0.580. The second-order valence-electron chi connectivity index (χ2n) is 4.37. The molecule has 1 aromatic rings. The number of aliphatic imine (C=N–C) groups is 1. The van der Waals surface area contributed by atoms with Crippen molar-refractivity contribution >= 4 is 29.2 Å². The fourth-order valence-electron chi connectivity index (χ4n) is 1.95. The summed E-state index contributed by atoms with van der Waals surface area (Å²) in [4.78, 5) is 6.42. The van der Waals surface area contributed by atoms with Gasteiger partial charge in [0, 0.05) is 29.7 Å². The van der Waals surface area contributed by atoms with Gasteiger partial charge in [-0.25, -0.2) is 0 Å². The van der Waals surface area contributed by atoms with E-state index < -0.39 is 0 Å². The number of ether oxygens (including phenoxy) is 1. The summed E-state index contributed by atoms with van der Waals surface area (Å²) >= 11 is 11.9. The highest BCUT2D eigenvalue weighted by molar-refractivity contribution is 6.34. The second-order valence-corrected chi connectivity index (χ2v) is 5.24. The van der Waals surface area contributed by atoms with Crippen LogP contribution >= 0.6 is 23.2 Å². The first-order valence-electron chi connectivity index (χ1n) is 6.23. The van der Waals surface area contributed by atoms with Gasteiger partial charge < -0.3 is 15.4 Å². The monoisotopic (exact) mass is 301 g/mol. The first kappa shape index (κ1) is 14.4. The number of hydrogen-bond donors (Lipinski definition) is 1. The maximum absolute atomic E-state index is 5.95. The Balaban J connectivity index is 1.87. The number of benzene rings is 1. The summed E-state index contributed by atoms with van der Waals surface area (Å²) in [5.74, 6) is 0.580. The Morgan fingerprint density at radius 3 is 2.47 bits per heavy atom. The van der Waals surface area contributed by atoms with Crippen molar-refractivity contribution < 1.29 is 4.74 Å².